The molecule has 1 atom stereocenters. The van der Waals surface area contributed by atoms with E-state index in [2.05, 4.69) is 17.6 Å². The molecule has 0 heterocycles. The highest BCUT2D eigenvalue weighted by molar-refractivity contribution is 5.89. The lowest BCUT2D eigenvalue weighted by Crippen LogP contribution is -2.36. The summed E-state index contributed by atoms with van der Waals surface area (Å²) in [4.78, 5) is 11.7. The van der Waals surface area contributed by atoms with E-state index >= 15 is 0 Å². The number of urea groups is 1. The van der Waals surface area contributed by atoms with Crippen molar-refractivity contribution in [1.29, 1.82) is 0 Å². The third-order valence-electron chi connectivity index (χ3n) is 2.97. The summed E-state index contributed by atoms with van der Waals surface area (Å²) in [7, 11) is 0. The Hall–Kier alpha value is -1.55. The number of hydrogen-bond acceptors (Lipinski definition) is 2. The maximum absolute atomic E-state index is 11.7. The number of hydrogen-bond donors (Lipinski definition) is 3. The van der Waals surface area contributed by atoms with Crippen LogP contribution in [0.4, 0.5) is 10.5 Å². The van der Waals surface area contributed by atoms with Gasteiger partial charge in [-0.15, -0.1) is 0 Å². The molecule has 4 nitrogen and oxygen atoms in total. The summed E-state index contributed by atoms with van der Waals surface area (Å²) in [5.74, 6) is 0. The molecule has 0 unspecified atom stereocenters. The Morgan fingerprint density at radius 1 is 1.32 bits per heavy atom. The van der Waals surface area contributed by atoms with Gasteiger partial charge in [-0.2, -0.15) is 0 Å². The Morgan fingerprint density at radius 3 is 2.58 bits per heavy atom. The zero-order valence-electron chi connectivity index (χ0n) is 11.8. The van der Waals surface area contributed by atoms with Gasteiger partial charge in [0.05, 0.1) is 0 Å². The van der Waals surface area contributed by atoms with Gasteiger partial charge in [-0.1, -0.05) is 25.5 Å². The van der Waals surface area contributed by atoms with Crippen LogP contribution in [-0.2, 0) is 6.42 Å². The van der Waals surface area contributed by atoms with Crippen molar-refractivity contribution in [2.24, 2.45) is 0 Å². The number of rotatable bonds is 7. The fourth-order valence-electron chi connectivity index (χ4n) is 1.79. The van der Waals surface area contributed by atoms with E-state index in [-0.39, 0.29) is 18.7 Å². The van der Waals surface area contributed by atoms with Crippen LogP contribution in [0.15, 0.2) is 24.3 Å². The van der Waals surface area contributed by atoms with Crippen molar-refractivity contribution >= 4 is 11.7 Å². The van der Waals surface area contributed by atoms with Crippen LogP contribution in [-0.4, -0.2) is 23.8 Å². The van der Waals surface area contributed by atoms with E-state index in [1.54, 1.807) is 0 Å². The van der Waals surface area contributed by atoms with Crippen molar-refractivity contribution in [1.82, 2.24) is 5.32 Å². The lowest BCUT2D eigenvalue weighted by molar-refractivity contribution is 0.241. The first-order valence-corrected chi connectivity index (χ1v) is 6.93. The standard InChI is InChI=1S/C15H24N2O2/c1-3-4-5-13-6-8-14(9-7-13)17-15(19)16-12(2)10-11-18/h6-9,12,18H,3-5,10-11H2,1-2H3,(H2,16,17,19)/t12-/m1/s1. The summed E-state index contributed by atoms with van der Waals surface area (Å²) in [5, 5.41) is 14.3. The largest absolute Gasteiger partial charge is 0.396 e. The zero-order valence-corrected chi connectivity index (χ0v) is 11.8. The number of unbranched alkanes of at least 4 members (excludes halogenated alkanes) is 1. The summed E-state index contributed by atoms with van der Waals surface area (Å²) in [6, 6.07) is 7.66. The second-order valence-electron chi connectivity index (χ2n) is 4.81. The molecule has 2 amide bonds. The van der Waals surface area contributed by atoms with Gasteiger partial charge in [0.15, 0.2) is 0 Å². The first-order valence-electron chi connectivity index (χ1n) is 6.93. The van der Waals surface area contributed by atoms with Crippen LogP contribution in [0.3, 0.4) is 0 Å². The molecule has 0 bridgehead atoms. The highest BCUT2D eigenvalue weighted by Crippen LogP contribution is 2.11. The summed E-state index contributed by atoms with van der Waals surface area (Å²) in [6.45, 7) is 4.12. The average molecular weight is 264 g/mol. The van der Waals surface area contributed by atoms with Gasteiger partial charge in [-0.05, 0) is 43.9 Å². The van der Waals surface area contributed by atoms with Crippen molar-refractivity contribution < 1.29 is 9.90 Å². The molecule has 1 rings (SSSR count). The van der Waals surface area contributed by atoms with Gasteiger partial charge in [-0.3, -0.25) is 0 Å². The van der Waals surface area contributed by atoms with E-state index in [1.807, 2.05) is 31.2 Å². The first kappa shape index (κ1) is 15.5. The van der Waals surface area contributed by atoms with Crippen molar-refractivity contribution in [2.45, 2.75) is 45.6 Å². The first-order chi connectivity index (χ1) is 9.15. The topological polar surface area (TPSA) is 61.4 Å². The molecule has 0 saturated carbocycles. The number of aliphatic hydroxyl groups excluding tert-OH is 1. The summed E-state index contributed by atoms with van der Waals surface area (Å²) in [5.41, 5.74) is 2.08. The van der Waals surface area contributed by atoms with Crippen molar-refractivity contribution in [3.8, 4) is 0 Å². The highest BCUT2D eigenvalue weighted by Gasteiger charge is 2.06. The maximum atomic E-state index is 11.7. The quantitative estimate of drug-likeness (QED) is 0.709. The van der Waals surface area contributed by atoms with Gasteiger partial charge in [0.1, 0.15) is 0 Å². The van der Waals surface area contributed by atoms with Crippen LogP contribution in [0.25, 0.3) is 0 Å². The fourth-order valence-corrected chi connectivity index (χ4v) is 1.79. The molecule has 0 fully saturated rings. The van der Waals surface area contributed by atoms with Gasteiger partial charge >= 0.3 is 6.03 Å². The van der Waals surface area contributed by atoms with E-state index in [0.29, 0.717) is 6.42 Å². The second kappa shape index (κ2) is 8.53. The van der Waals surface area contributed by atoms with Crippen LogP contribution >= 0.6 is 0 Å². The molecule has 4 heteroatoms. The molecule has 0 saturated heterocycles. The molecule has 0 aliphatic carbocycles. The number of carbonyl (C=O) groups excluding carboxylic acids is 1. The molecule has 106 valence electrons. The average Bonchev–Trinajstić information content (AvgIpc) is 2.38. The molecule has 1 aromatic rings. The number of anilines is 1. The highest BCUT2D eigenvalue weighted by atomic mass is 16.3. The molecule has 0 aliphatic heterocycles. The molecule has 0 radical (unpaired) electrons. The Labute approximate surface area is 115 Å². The second-order valence-corrected chi connectivity index (χ2v) is 4.81. The molecule has 0 spiro atoms. The minimum absolute atomic E-state index is 0.0335. The van der Waals surface area contributed by atoms with E-state index in [9.17, 15) is 4.79 Å². The van der Waals surface area contributed by atoms with Crippen LogP contribution in [0.5, 0.6) is 0 Å². The molecule has 0 aromatic heterocycles. The molecule has 1 aromatic carbocycles. The van der Waals surface area contributed by atoms with Crippen molar-refractivity contribution in [3.63, 3.8) is 0 Å². The van der Waals surface area contributed by atoms with Gasteiger partial charge < -0.3 is 15.7 Å². The minimum atomic E-state index is -0.234. The molecular weight excluding hydrogens is 240 g/mol. The molecule has 19 heavy (non-hydrogen) atoms. The third kappa shape index (κ3) is 6.25. The van der Waals surface area contributed by atoms with Crippen LogP contribution in [0.2, 0.25) is 0 Å². The smallest absolute Gasteiger partial charge is 0.319 e. The Kier molecular flexibility index (Phi) is 6.97. The molecule has 0 aliphatic rings. The summed E-state index contributed by atoms with van der Waals surface area (Å²) in [6.07, 6.45) is 4.01. The van der Waals surface area contributed by atoms with E-state index in [0.717, 1.165) is 12.1 Å². The summed E-state index contributed by atoms with van der Waals surface area (Å²) < 4.78 is 0. The van der Waals surface area contributed by atoms with Gasteiger partial charge in [0.2, 0.25) is 0 Å². The van der Waals surface area contributed by atoms with Gasteiger partial charge in [0, 0.05) is 18.3 Å². The predicted octanol–water partition coefficient (Wildman–Crippen LogP) is 2.92. The number of aliphatic hydroxyl groups is 1. The minimum Gasteiger partial charge on any atom is -0.396 e. The summed E-state index contributed by atoms with van der Waals surface area (Å²) >= 11 is 0. The van der Waals surface area contributed by atoms with Crippen LogP contribution in [0, 0.1) is 0 Å². The fraction of sp³-hybridized carbons (Fsp3) is 0.533. The Balaban J connectivity index is 2.42. The number of nitrogens with one attached hydrogen (secondary N) is 2. The lowest BCUT2D eigenvalue weighted by atomic mass is 10.1. The van der Waals surface area contributed by atoms with Crippen LogP contribution < -0.4 is 10.6 Å². The number of amides is 2. The van der Waals surface area contributed by atoms with Crippen molar-refractivity contribution in [3.05, 3.63) is 29.8 Å². The number of benzene rings is 1. The third-order valence-corrected chi connectivity index (χ3v) is 2.97. The normalized spacial score (nSPS) is 11.9. The van der Waals surface area contributed by atoms with Gasteiger partial charge in [0.25, 0.3) is 0 Å². The Bertz CT molecular complexity index is 376. The molecule has 3 N–H and O–H groups in total. The van der Waals surface area contributed by atoms with E-state index < -0.39 is 0 Å². The predicted molar refractivity (Wildman–Crippen MR) is 78.4 cm³/mol. The molecular formula is C15H24N2O2. The number of aryl methyl sites for hydroxylation is 1. The van der Waals surface area contributed by atoms with Crippen molar-refractivity contribution in [2.75, 3.05) is 11.9 Å². The maximum Gasteiger partial charge on any atom is 0.319 e. The monoisotopic (exact) mass is 264 g/mol. The SMILES string of the molecule is CCCCc1ccc(NC(=O)N[C@H](C)CCO)cc1. The number of carbonyl (C=O) groups is 1. The van der Waals surface area contributed by atoms with Crippen LogP contribution in [0.1, 0.15) is 38.7 Å². The van der Waals surface area contributed by atoms with E-state index in [4.69, 9.17) is 5.11 Å². The van der Waals surface area contributed by atoms with E-state index in [1.165, 1.54) is 18.4 Å². The Morgan fingerprint density at radius 2 is 2.00 bits per heavy atom. The lowest BCUT2D eigenvalue weighted by Gasteiger charge is -2.13. The zero-order chi connectivity index (χ0) is 14.1. The van der Waals surface area contributed by atoms with Gasteiger partial charge in [-0.25, -0.2) is 4.79 Å².